The average Bonchev–Trinajstić information content (AvgIpc) is 2.82. The fraction of sp³-hybridized carbons (Fsp3) is 0.286. The molecule has 0 saturated carbocycles. The number of hydrogen-bond acceptors (Lipinski definition) is 4. The number of carbonyl (C=O) groups excluding carboxylic acids is 1. The van der Waals surface area contributed by atoms with Crippen LogP contribution in [0.2, 0.25) is 0 Å². The number of carbonyl (C=O) groups is 1. The van der Waals surface area contributed by atoms with Crippen LogP contribution in [0.3, 0.4) is 0 Å². The van der Waals surface area contributed by atoms with Crippen LogP contribution in [0, 0.1) is 6.92 Å². The van der Waals surface area contributed by atoms with E-state index in [1.54, 1.807) is 7.11 Å². The van der Waals surface area contributed by atoms with Crippen molar-refractivity contribution in [3.8, 4) is 10.4 Å². The molecule has 0 unspecified atom stereocenters. The molecule has 1 N–H and O–H groups in total. The van der Waals surface area contributed by atoms with Crippen molar-refractivity contribution in [2.75, 3.05) is 20.3 Å². The van der Waals surface area contributed by atoms with Crippen LogP contribution in [0.4, 0.5) is 0 Å². The fourth-order valence-corrected chi connectivity index (χ4v) is 2.64. The molecular formula is C14H16N2O2S. The molecule has 100 valence electrons. The second kappa shape index (κ2) is 6.45. The maximum Gasteiger partial charge on any atom is 0.271 e. The van der Waals surface area contributed by atoms with E-state index in [2.05, 4.69) is 10.3 Å². The van der Waals surface area contributed by atoms with E-state index in [4.69, 9.17) is 4.74 Å². The van der Waals surface area contributed by atoms with E-state index in [0.29, 0.717) is 18.8 Å². The molecule has 0 aliphatic carbocycles. The van der Waals surface area contributed by atoms with E-state index in [-0.39, 0.29) is 5.91 Å². The molecule has 0 spiro atoms. The predicted octanol–water partition coefficient (Wildman–Crippen LogP) is 2.49. The van der Waals surface area contributed by atoms with E-state index in [0.717, 1.165) is 15.4 Å². The van der Waals surface area contributed by atoms with E-state index in [9.17, 15) is 4.79 Å². The first-order valence-corrected chi connectivity index (χ1v) is 6.84. The lowest BCUT2D eigenvalue weighted by Gasteiger charge is -2.04. The molecule has 0 saturated heterocycles. The molecule has 1 aromatic heterocycles. The van der Waals surface area contributed by atoms with Gasteiger partial charge in [0.1, 0.15) is 5.69 Å². The number of rotatable bonds is 5. The summed E-state index contributed by atoms with van der Waals surface area (Å²) in [6.07, 6.45) is 0. The van der Waals surface area contributed by atoms with Crippen LogP contribution in [-0.2, 0) is 4.74 Å². The fourth-order valence-electron chi connectivity index (χ4n) is 1.72. The van der Waals surface area contributed by atoms with Gasteiger partial charge < -0.3 is 10.1 Å². The number of benzene rings is 1. The minimum absolute atomic E-state index is 0.153. The molecule has 4 nitrogen and oxygen atoms in total. The molecule has 0 radical (unpaired) electrons. The minimum atomic E-state index is -0.153. The highest BCUT2D eigenvalue weighted by Gasteiger charge is 2.17. The monoisotopic (exact) mass is 276 g/mol. The van der Waals surface area contributed by atoms with Gasteiger partial charge in [0.15, 0.2) is 0 Å². The van der Waals surface area contributed by atoms with Gasteiger partial charge >= 0.3 is 0 Å². The van der Waals surface area contributed by atoms with Gasteiger partial charge in [0, 0.05) is 13.7 Å². The Morgan fingerprint density at radius 2 is 2.11 bits per heavy atom. The van der Waals surface area contributed by atoms with E-state index in [1.807, 2.05) is 37.3 Å². The number of nitrogens with zero attached hydrogens (tertiary/aromatic N) is 1. The van der Waals surface area contributed by atoms with E-state index < -0.39 is 0 Å². The van der Waals surface area contributed by atoms with Gasteiger partial charge in [-0.1, -0.05) is 30.3 Å². The summed E-state index contributed by atoms with van der Waals surface area (Å²) in [5, 5.41) is 3.69. The second-order valence-corrected chi connectivity index (χ2v) is 5.23. The van der Waals surface area contributed by atoms with Crippen molar-refractivity contribution in [1.82, 2.24) is 10.3 Å². The maximum absolute atomic E-state index is 12.1. The Morgan fingerprint density at radius 1 is 1.37 bits per heavy atom. The zero-order valence-electron chi connectivity index (χ0n) is 11.0. The van der Waals surface area contributed by atoms with Crippen LogP contribution >= 0.6 is 11.3 Å². The normalized spacial score (nSPS) is 10.4. The van der Waals surface area contributed by atoms with Gasteiger partial charge in [0.25, 0.3) is 5.91 Å². The summed E-state index contributed by atoms with van der Waals surface area (Å²) >= 11 is 1.53. The van der Waals surface area contributed by atoms with Crippen molar-refractivity contribution < 1.29 is 9.53 Å². The largest absolute Gasteiger partial charge is 0.383 e. The third-order valence-corrected chi connectivity index (χ3v) is 3.60. The molecule has 0 aliphatic heterocycles. The highest BCUT2D eigenvalue weighted by Crippen LogP contribution is 2.29. The summed E-state index contributed by atoms with van der Waals surface area (Å²) < 4.78 is 4.92. The predicted molar refractivity (Wildman–Crippen MR) is 76.5 cm³/mol. The topological polar surface area (TPSA) is 51.2 Å². The average molecular weight is 276 g/mol. The third-order valence-electron chi connectivity index (χ3n) is 2.58. The molecule has 1 heterocycles. The van der Waals surface area contributed by atoms with Crippen LogP contribution in [0.25, 0.3) is 10.4 Å². The lowest BCUT2D eigenvalue weighted by Crippen LogP contribution is -2.27. The molecule has 0 aliphatic rings. The Labute approximate surface area is 116 Å². The number of amides is 1. The number of hydrogen-bond donors (Lipinski definition) is 1. The minimum Gasteiger partial charge on any atom is -0.383 e. The first kappa shape index (κ1) is 13.7. The standard InChI is InChI=1S/C14H16N2O2S/c1-10-16-12(14(17)15-8-9-18-2)13(19-10)11-6-4-3-5-7-11/h3-7H,8-9H2,1-2H3,(H,15,17). The lowest BCUT2D eigenvalue weighted by atomic mass is 10.1. The summed E-state index contributed by atoms with van der Waals surface area (Å²) in [5.41, 5.74) is 1.51. The summed E-state index contributed by atoms with van der Waals surface area (Å²) in [6.45, 7) is 2.89. The number of aromatic nitrogens is 1. The van der Waals surface area contributed by atoms with Crippen LogP contribution in [0.5, 0.6) is 0 Å². The van der Waals surface area contributed by atoms with Gasteiger partial charge in [-0.15, -0.1) is 11.3 Å². The van der Waals surface area contributed by atoms with Crippen molar-refractivity contribution in [2.24, 2.45) is 0 Å². The first-order valence-electron chi connectivity index (χ1n) is 6.02. The molecular weight excluding hydrogens is 260 g/mol. The first-order chi connectivity index (χ1) is 9.22. The summed E-state index contributed by atoms with van der Waals surface area (Å²) in [5.74, 6) is -0.153. The highest BCUT2D eigenvalue weighted by molar-refractivity contribution is 7.15. The zero-order chi connectivity index (χ0) is 13.7. The Balaban J connectivity index is 2.24. The van der Waals surface area contributed by atoms with Crippen molar-refractivity contribution in [2.45, 2.75) is 6.92 Å². The second-order valence-electron chi connectivity index (χ2n) is 4.03. The van der Waals surface area contributed by atoms with Crippen molar-refractivity contribution in [3.05, 3.63) is 41.0 Å². The lowest BCUT2D eigenvalue weighted by molar-refractivity contribution is 0.0933. The van der Waals surface area contributed by atoms with Gasteiger partial charge in [-0.25, -0.2) is 4.98 Å². The third kappa shape index (κ3) is 3.39. The van der Waals surface area contributed by atoms with Gasteiger partial charge in [-0.05, 0) is 12.5 Å². The molecule has 0 fully saturated rings. The van der Waals surface area contributed by atoms with Crippen molar-refractivity contribution in [1.29, 1.82) is 0 Å². The van der Waals surface area contributed by atoms with E-state index >= 15 is 0 Å². The molecule has 2 aromatic rings. The van der Waals surface area contributed by atoms with E-state index in [1.165, 1.54) is 11.3 Å². The van der Waals surface area contributed by atoms with Gasteiger partial charge in [-0.3, -0.25) is 4.79 Å². The maximum atomic E-state index is 12.1. The van der Waals surface area contributed by atoms with Crippen LogP contribution in [0.15, 0.2) is 30.3 Å². The SMILES string of the molecule is COCCNC(=O)c1nc(C)sc1-c1ccccc1. The Morgan fingerprint density at radius 3 is 2.79 bits per heavy atom. The molecule has 2 rings (SSSR count). The van der Waals surface area contributed by atoms with Crippen LogP contribution in [0.1, 0.15) is 15.5 Å². The molecule has 0 bridgehead atoms. The number of aryl methyl sites for hydroxylation is 1. The molecule has 5 heteroatoms. The number of nitrogens with one attached hydrogen (secondary N) is 1. The van der Waals surface area contributed by atoms with Gasteiger partial charge in [0.2, 0.25) is 0 Å². The number of ether oxygens (including phenoxy) is 1. The highest BCUT2D eigenvalue weighted by atomic mass is 32.1. The molecule has 1 amide bonds. The van der Waals surface area contributed by atoms with Crippen LogP contribution < -0.4 is 5.32 Å². The number of methoxy groups -OCH3 is 1. The Hall–Kier alpha value is -1.72. The van der Waals surface area contributed by atoms with Gasteiger partial charge in [-0.2, -0.15) is 0 Å². The molecule has 19 heavy (non-hydrogen) atoms. The smallest absolute Gasteiger partial charge is 0.271 e. The van der Waals surface area contributed by atoms with Crippen molar-refractivity contribution in [3.63, 3.8) is 0 Å². The summed E-state index contributed by atoms with van der Waals surface area (Å²) in [4.78, 5) is 17.3. The summed E-state index contributed by atoms with van der Waals surface area (Å²) in [6, 6.07) is 9.83. The zero-order valence-corrected chi connectivity index (χ0v) is 11.8. The Bertz CT molecular complexity index is 552. The van der Waals surface area contributed by atoms with Crippen molar-refractivity contribution >= 4 is 17.2 Å². The molecule has 1 aromatic carbocycles. The summed E-state index contributed by atoms with van der Waals surface area (Å²) in [7, 11) is 1.61. The quantitative estimate of drug-likeness (QED) is 0.854. The molecule has 0 atom stereocenters. The van der Waals surface area contributed by atoms with Gasteiger partial charge in [0.05, 0.1) is 16.5 Å². The Kier molecular flexibility index (Phi) is 4.65. The number of thiazole rings is 1. The van der Waals surface area contributed by atoms with Crippen LogP contribution in [-0.4, -0.2) is 31.2 Å².